The summed E-state index contributed by atoms with van der Waals surface area (Å²) in [6, 6.07) is 3.32. The van der Waals surface area contributed by atoms with Crippen molar-refractivity contribution in [2.24, 2.45) is 0 Å². The third kappa shape index (κ3) is 3.13. The van der Waals surface area contributed by atoms with Gasteiger partial charge >= 0.3 is 6.03 Å². The number of rotatable bonds is 3. The quantitative estimate of drug-likeness (QED) is 0.907. The number of hydrogen-bond donors (Lipinski definition) is 1. The highest BCUT2D eigenvalue weighted by Gasteiger charge is 2.30. The minimum Gasteiger partial charge on any atom is -0.338 e. The Morgan fingerprint density at radius 2 is 1.95 bits per heavy atom. The molecule has 1 aromatic rings. The van der Waals surface area contributed by atoms with Crippen LogP contribution in [0, 0.1) is 6.92 Å². The van der Waals surface area contributed by atoms with Crippen molar-refractivity contribution in [3.05, 3.63) is 17.0 Å². The number of aryl methyl sites for hydroxylation is 1. The van der Waals surface area contributed by atoms with Crippen LogP contribution in [0.25, 0.3) is 0 Å². The minimum absolute atomic E-state index is 0.128. The van der Waals surface area contributed by atoms with E-state index in [0.29, 0.717) is 36.9 Å². The molecule has 0 atom stereocenters. The van der Waals surface area contributed by atoms with Crippen molar-refractivity contribution < 1.29 is 13.2 Å². The van der Waals surface area contributed by atoms with Crippen LogP contribution in [0.3, 0.4) is 0 Å². The van der Waals surface area contributed by atoms with Crippen LogP contribution in [0.2, 0.25) is 0 Å². The van der Waals surface area contributed by atoms with Crippen LogP contribution < -0.4 is 5.32 Å². The highest BCUT2D eigenvalue weighted by molar-refractivity contribution is 7.91. The molecule has 0 aromatic carbocycles. The van der Waals surface area contributed by atoms with Crippen molar-refractivity contribution in [1.29, 1.82) is 0 Å². The first-order chi connectivity index (χ1) is 9.45. The molecule has 20 heavy (non-hydrogen) atoms. The van der Waals surface area contributed by atoms with Crippen LogP contribution in [0.4, 0.5) is 4.79 Å². The van der Waals surface area contributed by atoms with E-state index >= 15 is 0 Å². The molecule has 1 saturated heterocycles. The molecule has 6 nitrogen and oxygen atoms in total. The van der Waals surface area contributed by atoms with Crippen molar-refractivity contribution in [1.82, 2.24) is 14.5 Å². The summed E-state index contributed by atoms with van der Waals surface area (Å²) in [6.45, 7) is 5.86. The Bertz CT molecular complexity index is 575. The van der Waals surface area contributed by atoms with Crippen molar-refractivity contribution in [2.45, 2.75) is 18.1 Å². The van der Waals surface area contributed by atoms with Crippen molar-refractivity contribution >= 4 is 27.4 Å². The maximum absolute atomic E-state index is 12.4. The highest BCUT2D eigenvalue weighted by atomic mass is 32.2. The molecule has 1 aromatic heterocycles. The number of amides is 2. The van der Waals surface area contributed by atoms with Crippen LogP contribution >= 0.6 is 11.3 Å². The van der Waals surface area contributed by atoms with E-state index in [-0.39, 0.29) is 6.03 Å². The SMILES string of the molecule is CCNC(=O)N1CCN(S(=O)(=O)c2ccc(C)s2)CC1. The van der Waals surface area contributed by atoms with Crippen LogP contribution in [0.15, 0.2) is 16.3 Å². The second-order valence-corrected chi connectivity index (χ2v) is 8.04. The van der Waals surface area contributed by atoms with Crippen molar-refractivity contribution in [2.75, 3.05) is 32.7 Å². The molecule has 0 unspecified atom stereocenters. The van der Waals surface area contributed by atoms with Crippen molar-refractivity contribution in [3.8, 4) is 0 Å². The molecule has 0 saturated carbocycles. The molecule has 2 amide bonds. The topological polar surface area (TPSA) is 69.7 Å². The lowest BCUT2D eigenvalue weighted by Crippen LogP contribution is -2.52. The molecule has 1 aliphatic heterocycles. The summed E-state index contributed by atoms with van der Waals surface area (Å²) < 4.78 is 26.7. The monoisotopic (exact) mass is 317 g/mol. The number of carbonyl (C=O) groups excluding carboxylic acids is 1. The van der Waals surface area contributed by atoms with E-state index < -0.39 is 10.0 Å². The normalized spacial score (nSPS) is 17.2. The Morgan fingerprint density at radius 3 is 2.45 bits per heavy atom. The lowest BCUT2D eigenvalue weighted by atomic mass is 10.4. The van der Waals surface area contributed by atoms with Gasteiger partial charge in [-0.05, 0) is 26.0 Å². The lowest BCUT2D eigenvalue weighted by Gasteiger charge is -2.33. The second kappa shape index (κ2) is 6.11. The summed E-state index contributed by atoms with van der Waals surface area (Å²) in [7, 11) is -3.41. The average molecular weight is 317 g/mol. The minimum atomic E-state index is -3.41. The molecule has 0 aliphatic carbocycles. The van der Waals surface area contributed by atoms with E-state index in [1.807, 2.05) is 19.9 Å². The zero-order valence-corrected chi connectivity index (χ0v) is 13.3. The molecular weight excluding hydrogens is 298 g/mol. The predicted molar refractivity (Wildman–Crippen MR) is 78.5 cm³/mol. The van der Waals surface area contributed by atoms with Gasteiger partial charge in [0.15, 0.2) is 0 Å². The van der Waals surface area contributed by atoms with Crippen molar-refractivity contribution in [3.63, 3.8) is 0 Å². The van der Waals surface area contributed by atoms with Gasteiger partial charge in [-0.2, -0.15) is 4.31 Å². The maximum Gasteiger partial charge on any atom is 0.317 e. The van der Waals surface area contributed by atoms with E-state index in [9.17, 15) is 13.2 Å². The molecule has 0 spiro atoms. The lowest BCUT2D eigenvalue weighted by molar-refractivity contribution is 0.173. The third-order valence-corrected chi connectivity index (χ3v) is 6.53. The number of sulfonamides is 1. The predicted octanol–water partition coefficient (Wildman–Crippen LogP) is 1.09. The Hall–Kier alpha value is -1.12. The molecule has 1 aliphatic rings. The number of urea groups is 1. The first-order valence-electron chi connectivity index (χ1n) is 6.54. The molecule has 1 fully saturated rings. The summed E-state index contributed by atoms with van der Waals surface area (Å²) in [6.07, 6.45) is 0. The standard InChI is InChI=1S/C12H19N3O3S2/c1-3-13-12(16)14-6-8-15(9-7-14)20(17,18)11-5-4-10(2)19-11/h4-5H,3,6-9H2,1-2H3,(H,13,16). The Kier molecular flexibility index (Phi) is 4.66. The van der Waals surface area contributed by atoms with Crippen LogP contribution in [0.1, 0.15) is 11.8 Å². The molecule has 1 N–H and O–H groups in total. The average Bonchev–Trinajstić information content (AvgIpc) is 2.86. The first-order valence-corrected chi connectivity index (χ1v) is 8.80. The van der Waals surface area contributed by atoms with E-state index in [0.717, 1.165) is 4.88 Å². The zero-order valence-electron chi connectivity index (χ0n) is 11.6. The van der Waals surface area contributed by atoms with Crippen LogP contribution in [0.5, 0.6) is 0 Å². The summed E-state index contributed by atoms with van der Waals surface area (Å²) in [5, 5.41) is 2.72. The molecule has 2 rings (SSSR count). The fraction of sp³-hybridized carbons (Fsp3) is 0.583. The molecular formula is C12H19N3O3S2. The van der Waals surface area contributed by atoms with E-state index in [1.165, 1.54) is 15.6 Å². The first kappa shape index (κ1) is 15.3. The van der Waals surface area contributed by atoms with Crippen LogP contribution in [-0.2, 0) is 10.0 Å². The number of thiophene rings is 1. The van der Waals surface area contributed by atoms with Gasteiger partial charge in [0, 0.05) is 37.6 Å². The van der Waals surface area contributed by atoms with E-state index in [4.69, 9.17) is 0 Å². The molecule has 8 heteroatoms. The number of nitrogens with zero attached hydrogens (tertiary/aromatic N) is 2. The summed E-state index contributed by atoms with van der Waals surface area (Å²) in [5.41, 5.74) is 0. The van der Waals surface area contributed by atoms with Gasteiger partial charge in [0.2, 0.25) is 0 Å². The van der Waals surface area contributed by atoms with E-state index in [1.54, 1.807) is 11.0 Å². The van der Waals surface area contributed by atoms with Gasteiger partial charge in [-0.15, -0.1) is 11.3 Å². The van der Waals surface area contributed by atoms with Crippen LogP contribution in [-0.4, -0.2) is 56.4 Å². The zero-order chi connectivity index (χ0) is 14.8. The Morgan fingerprint density at radius 1 is 1.30 bits per heavy atom. The van der Waals surface area contributed by atoms with Gasteiger partial charge < -0.3 is 10.2 Å². The largest absolute Gasteiger partial charge is 0.338 e. The Labute approximate surface area is 123 Å². The summed E-state index contributed by atoms with van der Waals surface area (Å²) >= 11 is 1.28. The number of nitrogens with one attached hydrogen (secondary N) is 1. The summed E-state index contributed by atoms with van der Waals surface area (Å²) in [4.78, 5) is 14.3. The number of piperazine rings is 1. The molecule has 0 radical (unpaired) electrons. The molecule has 0 bridgehead atoms. The second-order valence-electron chi connectivity index (χ2n) is 4.59. The third-order valence-electron chi connectivity index (χ3n) is 3.16. The maximum atomic E-state index is 12.4. The fourth-order valence-corrected chi connectivity index (χ4v) is 4.93. The van der Waals surface area contributed by atoms with Gasteiger partial charge in [0.1, 0.15) is 4.21 Å². The van der Waals surface area contributed by atoms with Gasteiger partial charge in [0.25, 0.3) is 10.0 Å². The van der Waals surface area contributed by atoms with Gasteiger partial charge in [-0.25, -0.2) is 13.2 Å². The summed E-state index contributed by atoms with van der Waals surface area (Å²) in [5.74, 6) is 0. The molecule has 2 heterocycles. The van der Waals surface area contributed by atoms with Gasteiger partial charge in [-0.1, -0.05) is 0 Å². The number of hydrogen-bond acceptors (Lipinski definition) is 4. The highest BCUT2D eigenvalue weighted by Crippen LogP contribution is 2.25. The Balaban J connectivity index is 2.02. The number of carbonyl (C=O) groups is 1. The molecule has 112 valence electrons. The van der Waals surface area contributed by atoms with Gasteiger partial charge in [-0.3, -0.25) is 0 Å². The van der Waals surface area contributed by atoms with E-state index in [2.05, 4.69) is 5.32 Å². The fourth-order valence-electron chi connectivity index (χ4n) is 2.07. The smallest absolute Gasteiger partial charge is 0.317 e. The van der Waals surface area contributed by atoms with Gasteiger partial charge in [0.05, 0.1) is 0 Å².